The van der Waals surface area contributed by atoms with Crippen molar-refractivity contribution in [3.05, 3.63) is 47.5 Å². The number of nitrogens with one attached hydrogen (secondary N) is 1. The average molecular weight is 268 g/mol. The summed E-state index contributed by atoms with van der Waals surface area (Å²) in [6.45, 7) is 4.87. The van der Waals surface area contributed by atoms with Gasteiger partial charge in [-0.25, -0.2) is 4.79 Å². The first-order valence-corrected chi connectivity index (χ1v) is 6.63. The Bertz CT molecular complexity index is 695. The van der Waals surface area contributed by atoms with Crippen LogP contribution in [0.5, 0.6) is 0 Å². The summed E-state index contributed by atoms with van der Waals surface area (Å²) < 4.78 is 0. The molecule has 4 heteroatoms. The minimum Gasteiger partial charge on any atom is -0.478 e. The lowest BCUT2D eigenvalue weighted by atomic mass is 10.0. The molecule has 2 aromatic rings. The molecule has 0 saturated heterocycles. The molecule has 0 bridgehead atoms. The van der Waals surface area contributed by atoms with E-state index >= 15 is 0 Å². The number of hydrogen-bond donors (Lipinski definition) is 2. The smallest absolute Gasteiger partial charge is 0.337 e. The van der Waals surface area contributed by atoms with Crippen molar-refractivity contribution in [2.45, 2.75) is 13.8 Å². The van der Waals surface area contributed by atoms with E-state index in [2.05, 4.69) is 29.3 Å². The molecular formula is C16H16N2O2. The molecule has 3 rings (SSSR count). The zero-order valence-electron chi connectivity index (χ0n) is 11.5. The van der Waals surface area contributed by atoms with Crippen molar-refractivity contribution in [1.29, 1.82) is 0 Å². The maximum Gasteiger partial charge on any atom is 0.337 e. The molecule has 102 valence electrons. The third kappa shape index (κ3) is 1.81. The number of rotatable bonds is 2. The van der Waals surface area contributed by atoms with E-state index in [4.69, 9.17) is 0 Å². The summed E-state index contributed by atoms with van der Waals surface area (Å²) in [5, 5.41) is 12.6. The average Bonchev–Trinajstić information content (AvgIpc) is 2.43. The quantitative estimate of drug-likeness (QED) is 0.867. The van der Waals surface area contributed by atoms with E-state index in [1.165, 1.54) is 0 Å². The van der Waals surface area contributed by atoms with Crippen LogP contribution in [0.3, 0.4) is 0 Å². The van der Waals surface area contributed by atoms with Crippen molar-refractivity contribution in [3.8, 4) is 0 Å². The van der Waals surface area contributed by atoms with E-state index < -0.39 is 5.97 Å². The number of carbonyl (C=O) groups is 1. The van der Waals surface area contributed by atoms with Gasteiger partial charge in [0, 0.05) is 6.54 Å². The van der Waals surface area contributed by atoms with E-state index in [-0.39, 0.29) is 0 Å². The van der Waals surface area contributed by atoms with E-state index in [0.29, 0.717) is 11.3 Å². The number of anilines is 4. The first-order chi connectivity index (χ1) is 9.61. The van der Waals surface area contributed by atoms with Crippen LogP contribution >= 0.6 is 0 Å². The van der Waals surface area contributed by atoms with E-state index in [1.54, 1.807) is 12.1 Å². The van der Waals surface area contributed by atoms with Gasteiger partial charge in [-0.2, -0.15) is 0 Å². The number of para-hydroxylation sites is 1. The number of carboxylic acids is 1. The summed E-state index contributed by atoms with van der Waals surface area (Å²) >= 11 is 0. The molecule has 20 heavy (non-hydrogen) atoms. The molecular weight excluding hydrogens is 252 g/mol. The highest BCUT2D eigenvalue weighted by Gasteiger charge is 2.25. The van der Waals surface area contributed by atoms with Crippen LogP contribution in [-0.2, 0) is 0 Å². The number of fused-ring (bicyclic) bond motifs is 2. The van der Waals surface area contributed by atoms with Gasteiger partial charge in [0.25, 0.3) is 0 Å². The van der Waals surface area contributed by atoms with Crippen LogP contribution in [0, 0.1) is 6.92 Å². The number of nitrogens with zero attached hydrogens (tertiary/aromatic N) is 1. The van der Waals surface area contributed by atoms with Gasteiger partial charge in [0.1, 0.15) is 0 Å². The maximum atomic E-state index is 11.4. The highest BCUT2D eigenvalue weighted by Crippen LogP contribution is 2.45. The molecule has 0 spiro atoms. The predicted molar refractivity (Wildman–Crippen MR) is 80.5 cm³/mol. The van der Waals surface area contributed by atoms with Crippen LogP contribution < -0.4 is 10.2 Å². The van der Waals surface area contributed by atoms with Crippen LogP contribution in [0.2, 0.25) is 0 Å². The zero-order valence-corrected chi connectivity index (χ0v) is 11.5. The Morgan fingerprint density at radius 3 is 2.75 bits per heavy atom. The Morgan fingerprint density at radius 1 is 1.25 bits per heavy atom. The molecule has 0 aromatic heterocycles. The number of aromatic carboxylic acids is 1. The van der Waals surface area contributed by atoms with Gasteiger partial charge < -0.3 is 15.3 Å². The van der Waals surface area contributed by atoms with Gasteiger partial charge in [-0.15, -0.1) is 0 Å². The van der Waals surface area contributed by atoms with Gasteiger partial charge in [0.2, 0.25) is 0 Å². The van der Waals surface area contributed by atoms with Crippen LogP contribution in [0.15, 0.2) is 36.4 Å². The van der Waals surface area contributed by atoms with Crippen molar-refractivity contribution in [2.75, 3.05) is 16.8 Å². The lowest BCUT2D eigenvalue weighted by Gasteiger charge is -2.34. The third-order valence-electron chi connectivity index (χ3n) is 3.58. The van der Waals surface area contributed by atoms with Gasteiger partial charge >= 0.3 is 5.97 Å². The Balaban J connectivity index is 2.23. The number of hydrogen-bond acceptors (Lipinski definition) is 3. The molecule has 1 aliphatic rings. The normalized spacial score (nSPS) is 12.4. The van der Waals surface area contributed by atoms with E-state index in [0.717, 1.165) is 29.2 Å². The first-order valence-electron chi connectivity index (χ1n) is 6.63. The Kier molecular flexibility index (Phi) is 2.86. The topological polar surface area (TPSA) is 52.6 Å². The summed E-state index contributed by atoms with van der Waals surface area (Å²) in [7, 11) is 0. The number of aryl methyl sites for hydroxylation is 1. The van der Waals surface area contributed by atoms with Crippen molar-refractivity contribution >= 4 is 28.7 Å². The van der Waals surface area contributed by atoms with Gasteiger partial charge in [0.05, 0.1) is 28.3 Å². The molecule has 0 unspecified atom stereocenters. The van der Waals surface area contributed by atoms with Crippen LogP contribution in [0.4, 0.5) is 22.7 Å². The molecule has 1 heterocycles. The minimum atomic E-state index is -0.915. The van der Waals surface area contributed by atoms with Crippen molar-refractivity contribution in [3.63, 3.8) is 0 Å². The maximum absolute atomic E-state index is 11.4. The largest absolute Gasteiger partial charge is 0.478 e. The monoisotopic (exact) mass is 268 g/mol. The molecule has 1 aliphatic heterocycles. The third-order valence-corrected chi connectivity index (χ3v) is 3.58. The molecule has 0 amide bonds. The van der Waals surface area contributed by atoms with Crippen LogP contribution in [-0.4, -0.2) is 17.6 Å². The zero-order chi connectivity index (χ0) is 14.3. The molecule has 0 saturated carbocycles. The van der Waals surface area contributed by atoms with Gasteiger partial charge in [0.15, 0.2) is 0 Å². The number of benzene rings is 2. The summed E-state index contributed by atoms with van der Waals surface area (Å²) in [5.74, 6) is -0.915. The summed E-state index contributed by atoms with van der Waals surface area (Å²) in [6.07, 6.45) is 0. The van der Waals surface area contributed by atoms with E-state index in [1.807, 2.05) is 19.1 Å². The predicted octanol–water partition coefficient (Wildman–Crippen LogP) is 3.91. The lowest BCUT2D eigenvalue weighted by Crippen LogP contribution is -2.23. The molecule has 2 N–H and O–H groups in total. The van der Waals surface area contributed by atoms with Gasteiger partial charge in [-0.05, 0) is 43.7 Å². The first kappa shape index (κ1) is 12.5. The SMILES string of the molecule is CCN1c2ccc(C)cc2Nc2c(C(=O)O)cccc21. The van der Waals surface area contributed by atoms with Crippen molar-refractivity contribution in [1.82, 2.24) is 0 Å². The molecule has 2 aromatic carbocycles. The van der Waals surface area contributed by atoms with Gasteiger partial charge in [-0.3, -0.25) is 0 Å². The molecule has 0 atom stereocenters. The summed E-state index contributed by atoms with van der Waals surface area (Å²) in [5.41, 5.74) is 5.04. The second kappa shape index (κ2) is 4.56. The summed E-state index contributed by atoms with van der Waals surface area (Å²) in [4.78, 5) is 13.5. The van der Waals surface area contributed by atoms with Crippen LogP contribution in [0.25, 0.3) is 0 Å². The lowest BCUT2D eigenvalue weighted by molar-refractivity contribution is 0.0698. The summed E-state index contributed by atoms with van der Waals surface area (Å²) in [6, 6.07) is 11.5. The highest BCUT2D eigenvalue weighted by molar-refractivity contribution is 6.03. The second-order valence-corrected chi connectivity index (χ2v) is 4.89. The Labute approximate surface area is 117 Å². The molecule has 0 fully saturated rings. The van der Waals surface area contributed by atoms with Crippen LogP contribution in [0.1, 0.15) is 22.8 Å². The van der Waals surface area contributed by atoms with Crippen molar-refractivity contribution < 1.29 is 9.90 Å². The Morgan fingerprint density at radius 2 is 2.05 bits per heavy atom. The Hall–Kier alpha value is -2.49. The minimum absolute atomic E-state index is 0.299. The fourth-order valence-electron chi connectivity index (χ4n) is 2.67. The fourth-order valence-corrected chi connectivity index (χ4v) is 2.67. The van der Waals surface area contributed by atoms with Gasteiger partial charge in [-0.1, -0.05) is 12.1 Å². The molecule has 0 aliphatic carbocycles. The van der Waals surface area contributed by atoms with E-state index in [9.17, 15) is 9.90 Å². The fraction of sp³-hybridized carbons (Fsp3) is 0.188. The highest BCUT2D eigenvalue weighted by atomic mass is 16.4. The van der Waals surface area contributed by atoms with Crippen molar-refractivity contribution in [2.24, 2.45) is 0 Å². The second-order valence-electron chi connectivity index (χ2n) is 4.89. The number of carboxylic acid groups (broad SMARTS) is 1. The standard InChI is InChI=1S/C16H16N2O2/c1-3-18-13-8-7-10(2)9-12(13)17-15-11(16(19)20)5-4-6-14(15)18/h4-9,17H,3H2,1-2H3,(H,19,20). The molecule has 0 radical (unpaired) electrons. The molecule has 4 nitrogen and oxygen atoms in total.